The van der Waals surface area contributed by atoms with Gasteiger partial charge >= 0.3 is 5.97 Å². The van der Waals surface area contributed by atoms with E-state index in [9.17, 15) is 4.79 Å². The normalized spacial score (nSPS) is 24.6. The highest BCUT2D eigenvalue weighted by atomic mass is 16.5. The zero-order chi connectivity index (χ0) is 6.69. The van der Waals surface area contributed by atoms with Crippen molar-refractivity contribution in [3.8, 4) is 0 Å². The topological polar surface area (TPSA) is 46.5 Å². The monoisotopic (exact) mass is 128 g/mol. The Hall–Kier alpha value is -0.830. The zero-order valence-corrected chi connectivity index (χ0v) is 4.91. The van der Waals surface area contributed by atoms with Gasteiger partial charge in [0, 0.05) is 19.1 Å². The third-order valence-electron chi connectivity index (χ3n) is 1.13. The van der Waals surface area contributed by atoms with E-state index in [1.54, 1.807) is 6.08 Å². The van der Waals surface area contributed by atoms with Gasteiger partial charge in [-0.15, -0.1) is 0 Å². The van der Waals surface area contributed by atoms with E-state index in [2.05, 4.69) is 0 Å². The number of aliphatic hydroxyl groups excluding tert-OH is 1. The molecule has 50 valence electrons. The van der Waals surface area contributed by atoms with Gasteiger partial charge in [0.25, 0.3) is 0 Å². The molecular weight excluding hydrogens is 120 g/mol. The number of aliphatic hydroxyl groups is 1. The molecule has 0 unspecified atom stereocenters. The van der Waals surface area contributed by atoms with Crippen molar-refractivity contribution in [3.63, 3.8) is 0 Å². The van der Waals surface area contributed by atoms with Crippen LogP contribution in [0.4, 0.5) is 0 Å². The van der Waals surface area contributed by atoms with E-state index in [1.165, 1.54) is 6.08 Å². The fourth-order valence-electron chi connectivity index (χ4n) is 0.696. The lowest BCUT2D eigenvalue weighted by molar-refractivity contribution is -0.139. The highest BCUT2D eigenvalue weighted by Crippen LogP contribution is 2.07. The molecule has 0 bridgehead atoms. The van der Waals surface area contributed by atoms with E-state index >= 15 is 0 Å². The summed E-state index contributed by atoms with van der Waals surface area (Å²) in [5.41, 5.74) is 0. The summed E-state index contributed by atoms with van der Waals surface area (Å²) in [6.07, 6.45) is 3.34. The van der Waals surface area contributed by atoms with Gasteiger partial charge in [0.1, 0.15) is 6.10 Å². The number of carbonyl (C=O) groups is 1. The number of rotatable bonds is 2. The summed E-state index contributed by atoms with van der Waals surface area (Å²) in [6.45, 7) is 0.0578. The maximum Gasteiger partial charge on any atom is 0.331 e. The van der Waals surface area contributed by atoms with Crippen molar-refractivity contribution in [1.29, 1.82) is 0 Å². The Kier molecular flexibility index (Phi) is 1.85. The second-order valence-corrected chi connectivity index (χ2v) is 1.85. The number of ether oxygens (including phenoxy) is 1. The number of hydrogen-bond donors (Lipinski definition) is 1. The van der Waals surface area contributed by atoms with Crippen LogP contribution >= 0.6 is 0 Å². The lowest BCUT2D eigenvalue weighted by atomic mass is 10.3. The molecule has 3 heteroatoms. The van der Waals surface area contributed by atoms with E-state index < -0.39 is 0 Å². The van der Waals surface area contributed by atoms with Crippen molar-refractivity contribution in [2.24, 2.45) is 0 Å². The molecule has 0 aliphatic carbocycles. The smallest absolute Gasteiger partial charge is 0.331 e. The minimum Gasteiger partial charge on any atom is -0.455 e. The van der Waals surface area contributed by atoms with Crippen molar-refractivity contribution in [2.45, 2.75) is 12.5 Å². The van der Waals surface area contributed by atoms with Gasteiger partial charge in [-0.25, -0.2) is 4.79 Å². The molecule has 1 rings (SSSR count). The first-order valence-corrected chi connectivity index (χ1v) is 2.82. The largest absolute Gasteiger partial charge is 0.455 e. The second kappa shape index (κ2) is 2.64. The van der Waals surface area contributed by atoms with Crippen LogP contribution < -0.4 is 0 Å². The van der Waals surface area contributed by atoms with Gasteiger partial charge in [0.05, 0.1) is 0 Å². The summed E-state index contributed by atoms with van der Waals surface area (Å²) < 4.78 is 4.69. The SMILES string of the molecule is O=C1C=C[C@@H](CCO)O1. The molecule has 0 saturated carbocycles. The van der Waals surface area contributed by atoms with Gasteiger partial charge in [-0.2, -0.15) is 0 Å². The quantitative estimate of drug-likeness (QED) is 0.526. The summed E-state index contributed by atoms with van der Waals surface area (Å²) >= 11 is 0. The van der Waals surface area contributed by atoms with E-state index in [1.807, 2.05) is 0 Å². The molecule has 0 spiro atoms. The number of cyclic esters (lactones) is 1. The Balaban J connectivity index is 2.32. The fourth-order valence-corrected chi connectivity index (χ4v) is 0.696. The predicted octanol–water partition coefficient (Wildman–Crippen LogP) is -0.150. The Morgan fingerprint density at radius 2 is 2.56 bits per heavy atom. The predicted molar refractivity (Wildman–Crippen MR) is 30.7 cm³/mol. The lowest BCUT2D eigenvalue weighted by Gasteiger charge is -2.03. The Bertz CT molecular complexity index is 139. The van der Waals surface area contributed by atoms with Gasteiger partial charge in [-0.1, -0.05) is 0 Å². The summed E-state index contributed by atoms with van der Waals surface area (Å²) in [7, 11) is 0. The van der Waals surface area contributed by atoms with Crippen LogP contribution in [0.25, 0.3) is 0 Å². The van der Waals surface area contributed by atoms with E-state index in [4.69, 9.17) is 9.84 Å². The van der Waals surface area contributed by atoms with Crippen LogP contribution in [-0.4, -0.2) is 23.8 Å². The van der Waals surface area contributed by atoms with Crippen molar-refractivity contribution < 1.29 is 14.6 Å². The molecule has 1 atom stereocenters. The third-order valence-corrected chi connectivity index (χ3v) is 1.13. The van der Waals surface area contributed by atoms with E-state index in [0.29, 0.717) is 6.42 Å². The Labute approximate surface area is 52.9 Å². The molecule has 1 N–H and O–H groups in total. The van der Waals surface area contributed by atoms with Crippen molar-refractivity contribution in [2.75, 3.05) is 6.61 Å². The molecule has 0 aromatic carbocycles. The van der Waals surface area contributed by atoms with Crippen LogP contribution in [0.5, 0.6) is 0 Å². The van der Waals surface area contributed by atoms with Crippen LogP contribution in [0.2, 0.25) is 0 Å². The summed E-state index contributed by atoms with van der Waals surface area (Å²) in [5.74, 6) is -0.312. The molecule has 1 aliphatic heterocycles. The van der Waals surface area contributed by atoms with Crippen LogP contribution in [0, 0.1) is 0 Å². The molecule has 0 aromatic rings. The fraction of sp³-hybridized carbons (Fsp3) is 0.500. The zero-order valence-electron chi connectivity index (χ0n) is 4.91. The molecule has 3 nitrogen and oxygen atoms in total. The summed E-state index contributed by atoms with van der Waals surface area (Å²) in [5, 5.41) is 8.39. The van der Waals surface area contributed by atoms with Crippen molar-refractivity contribution in [1.82, 2.24) is 0 Å². The highest BCUT2D eigenvalue weighted by molar-refractivity contribution is 5.84. The first kappa shape index (κ1) is 6.29. The van der Waals surface area contributed by atoms with Crippen LogP contribution in [0.3, 0.4) is 0 Å². The molecule has 0 aromatic heterocycles. The maximum absolute atomic E-state index is 10.3. The van der Waals surface area contributed by atoms with E-state index in [-0.39, 0.29) is 18.7 Å². The van der Waals surface area contributed by atoms with Crippen molar-refractivity contribution in [3.05, 3.63) is 12.2 Å². The summed E-state index contributed by atoms with van der Waals surface area (Å²) in [6, 6.07) is 0. The third kappa shape index (κ3) is 1.54. The maximum atomic E-state index is 10.3. The molecule has 9 heavy (non-hydrogen) atoms. The van der Waals surface area contributed by atoms with Gasteiger partial charge in [-0.3, -0.25) is 0 Å². The number of hydrogen-bond acceptors (Lipinski definition) is 3. The number of esters is 1. The molecule has 0 radical (unpaired) electrons. The minimum atomic E-state index is -0.312. The summed E-state index contributed by atoms with van der Waals surface area (Å²) in [4.78, 5) is 10.3. The average Bonchev–Trinajstić information content (AvgIpc) is 2.17. The van der Waals surface area contributed by atoms with Crippen molar-refractivity contribution >= 4 is 5.97 Å². The lowest BCUT2D eigenvalue weighted by Crippen LogP contribution is -2.08. The minimum absolute atomic E-state index is 0.0578. The van der Waals surface area contributed by atoms with E-state index in [0.717, 1.165) is 0 Å². The molecule has 0 amide bonds. The van der Waals surface area contributed by atoms with Gasteiger partial charge in [-0.05, 0) is 6.08 Å². The number of carbonyl (C=O) groups excluding carboxylic acids is 1. The Morgan fingerprint density at radius 1 is 1.78 bits per heavy atom. The van der Waals surface area contributed by atoms with Gasteiger partial charge < -0.3 is 9.84 Å². The molecule has 0 saturated heterocycles. The Morgan fingerprint density at radius 3 is 3.00 bits per heavy atom. The first-order valence-electron chi connectivity index (χ1n) is 2.82. The van der Waals surface area contributed by atoms with Crippen LogP contribution in [0.15, 0.2) is 12.2 Å². The first-order chi connectivity index (χ1) is 4.33. The standard InChI is InChI=1S/C6H8O3/c7-4-3-5-1-2-6(8)9-5/h1-2,5,7H,3-4H2/t5-/m0/s1. The molecule has 1 aliphatic rings. The highest BCUT2D eigenvalue weighted by Gasteiger charge is 2.14. The molecular formula is C6H8O3. The molecule has 1 heterocycles. The van der Waals surface area contributed by atoms with Gasteiger partial charge in [0.15, 0.2) is 0 Å². The van der Waals surface area contributed by atoms with Gasteiger partial charge in [0.2, 0.25) is 0 Å². The second-order valence-electron chi connectivity index (χ2n) is 1.85. The molecule has 0 fully saturated rings. The van der Waals surface area contributed by atoms with Crippen LogP contribution in [0.1, 0.15) is 6.42 Å². The average molecular weight is 128 g/mol. The van der Waals surface area contributed by atoms with Crippen LogP contribution in [-0.2, 0) is 9.53 Å².